The lowest BCUT2D eigenvalue weighted by molar-refractivity contribution is -0.0301. The first-order valence-corrected chi connectivity index (χ1v) is 12.5. The molecule has 4 rings (SSSR count). The van der Waals surface area contributed by atoms with Gasteiger partial charge in [-0.3, -0.25) is 21.3 Å². The molecule has 3 saturated heterocycles. The first kappa shape index (κ1) is 21.6. The lowest BCUT2D eigenvalue weighted by Gasteiger charge is -2.32. The third-order valence-corrected chi connectivity index (χ3v) is 7.49. The molecule has 0 aliphatic carbocycles. The van der Waals surface area contributed by atoms with E-state index in [-0.39, 0.29) is 12.3 Å². The zero-order chi connectivity index (χ0) is 20.2. The summed E-state index contributed by atoms with van der Waals surface area (Å²) in [5.41, 5.74) is 3.19. The van der Waals surface area contributed by atoms with Crippen LogP contribution in [0.4, 0.5) is 0 Å². The van der Waals surface area contributed by atoms with Gasteiger partial charge >= 0.3 is 0 Å². The molecular formula is C23H38N4OS. The van der Waals surface area contributed by atoms with Gasteiger partial charge in [-0.15, -0.1) is 11.8 Å². The smallest absolute Gasteiger partial charge is 0.109 e. The highest BCUT2D eigenvalue weighted by atomic mass is 32.2. The van der Waals surface area contributed by atoms with Crippen LogP contribution >= 0.6 is 11.8 Å². The SMILES string of the molecule is CC1CCCC(NC2NC(c3ccc(C4CCNC(OC(C)C)C4)cc3)CS2)N1. The summed E-state index contributed by atoms with van der Waals surface area (Å²) in [7, 11) is 0. The molecule has 0 bridgehead atoms. The van der Waals surface area contributed by atoms with Crippen LogP contribution in [0, 0.1) is 0 Å². The molecule has 4 N–H and O–H groups in total. The van der Waals surface area contributed by atoms with Crippen molar-refractivity contribution in [3.8, 4) is 0 Å². The van der Waals surface area contributed by atoms with Crippen LogP contribution in [0.3, 0.4) is 0 Å². The first-order valence-electron chi connectivity index (χ1n) is 11.5. The van der Waals surface area contributed by atoms with Crippen molar-refractivity contribution in [2.75, 3.05) is 12.3 Å². The topological polar surface area (TPSA) is 57.3 Å². The van der Waals surface area contributed by atoms with Crippen molar-refractivity contribution in [2.45, 2.75) is 94.9 Å². The van der Waals surface area contributed by atoms with Gasteiger partial charge in [0.1, 0.15) is 11.7 Å². The Bertz CT molecular complexity index is 640. The average Bonchev–Trinajstić information content (AvgIpc) is 3.16. The number of hydrogen-bond acceptors (Lipinski definition) is 6. The Balaban J connectivity index is 1.29. The largest absolute Gasteiger partial charge is 0.361 e. The molecule has 0 aromatic heterocycles. The molecular weight excluding hydrogens is 380 g/mol. The number of ether oxygens (including phenoxy) is 1. The fourth-order valence-corrected chi connectivity index (χ4v) is 6.02. The zero-order valence-corrected chi connectivity index (χ0v) is 18.9. The second-order valence-electron chi connectivity index (χ2n) is 9.17. The fourth-order valence-electron chi connectivity index (χ4n) is 4.83. The number of thioether (sulfide) groups is 1. The monoisotopic (exact) mass is 418 g/mol. The molecule has 3 heterocycles. The van der Waals surface area contributed by atoms with Gasteiger partial charge in [0.25, 0.3) is 0 Å². The zero-order valence-electron chi connectivity index (χ0n) is 18.1. The highest BCUT2D eigenvalue weighted by molar-refractivity contribution is 8.00. The minimum absolute atomic E-state index is 0.185. The van der Waals surface area contributed by atoms with Crippen LogP contribution < -0.4 is 21.3 Å². The van der Waals surface area contributed by atoms with Gasteiger partial charge in [0, 0.05) is 17.8 Å². The molecule has 1 aromatic carbocycles. The quantitative estimate of drug-likeness (QED) is 0.566. The van der Waals surface area contributed by atoms with E-state index in [4.69, 9.17) is 4.74 Å². The lowest BCUT2D eigenvalue weighted by atomic mass is 9.88. The molecule has 5 nitrogen and oxygen atoms in total. The van der Waals surface area contributed by atoms with Crippen LogP contribution in [0.15, 0.2) is 24.3 Å². The van der Waals surface area contributed by atoms with Gasteiger partial charge in [-0.1, -0.05) is 24.3 Å². The van der Waals surface area contributed by atoms with E-state index in [0.29, 0.717) is 29.7 Å². The summed E-state index contributed by atoms with van der Waals surface area (Å²) >= 11 is 1.99. The van der Waals surface area contributed by atoms with E-state index < -0.39 is 0 Å². The molecule has 6 atom stereocenters. The Labute approximate surface area is 180 Å². The maximum atomic E-state index is 5.99. The van der Waals surface area contributed by atoms with Crippen LogP contribution in [0.5, 0.6) is 0 Å². The van der Waals surface area contributed by atoms with Gasteiger partial charge in [-0.2, -0.15) is 0 Å². The molecule has 0 radical (unpaired) electrons. The van der Waals surface area contributed by atoms with Crippen LogP contribution in [-0.2, 0) is 4.74 Å². The molecule has 3 aliphatic heterocycles. The molecule has 0 saturated carbocycles. The molecule has 1 aromatic rings. The van der Waals surface area contributed by atoms with Crippen molar-refractivity contribution >= 4 is 11.8 Å². The van der Waals surface area contributed by atoms with Crippen molar-refractivity contribution in [2.24, 2.45) is 0 Å². The molecule has 6 heteroatoms. The van der Waals surface area contributed by atoms with E-state index in [1.165, 1.54) is 36.8 Å². The Kier molecular flexibility index (Phi) is 7.54. The normalized spacial score (nSPS) is 35.9. The maximum absolute atomic E-state index is 5.99. The highest BCUT2D eigenvalue weighted by Crippen LogP contribution is 2.32. The second-order valence-corrected chi connectivity index (χ2v) is 10.3. The Morgan fingerprint density at radius 3 is 2.62 bits per heavy atom. The number of nitrogens with one attached hydrogen (secondary N) is 4. The van der Waals surface area contributed by atoms with Crippen molar-refractivity contribution in [1.82, 2.24) is 21.3 Å². The summed E-state index contributed by atoms with van der Waals surface area (Å²) in [6.07, 6.45) is 6.97. The minimum atomic E-state index is 0.185. The van der Waals surface area contributed by atoms with E-state index >= 15 is 0 Å². The summed E-state index contributed by atoms with van der Waals surface area (Å²) in [6, 6.07) is 10.4. The highest BCUT2D eigenvalue weighted by Gasteiger charge is 2.29. The van der Waals surface area contributed by atoms with Crippen LogP contribution in [0.2, 0.25) is 0 Å². The van der Waals surface area contributed by atoms with Crippen LogP contribution in [0.25, 0.3) is 0 Å². The molecule has 29 heavy (non-hydrogen) atoms. The van der Waals surface area contributed by atoms with Gasteiger partial charge in [-0.05, 0) is 76.5 Å². The summed E-state index contributed by atoms with van der Waals surface area (Å²) in [5, 5.41) is 14.7. The standard InChI is InChI=1S/C23H38N4OS/c1-15(2)28-22-13-19(11-12-24-22)17-7-9-18(10-8-17)20-14-29-23(26-20)27-21-6-4-5-16(3)25-21/h7-10,15-16,19-27H,4-6,11-14H2,1-3H3. The van der Waals surface area contributed by atoms with Gasteiger partial charge in [0.15, 0.2) is 0 Å². The number of rotatable bonds is 6. The van der Waals surface area contributed by atoms with Crippen LogP contribution in [-0.4, -0.2) is 42.3 Å². The van der Waals surface area contributed by atoms with Gasteiger partial charge < -0.3 is 4.74 Å². The Morgan fingerprint density at radius 2 is 1.86 bits per heavy atom. The van der Waals surface area contributed by atoms with Gasteiger partial charge in [0.05, 0.1) is 12.3 Å². The van der Waals surface area contributed by atoms with Crippen molar-refractivity contribution < 1.29 is 4.74 Å². The summed E-state index contributed by atoms with van der Waals surface area (Å²) < 4.78 is 5.99. The predicted octanol–water partition coefficient (Wildman–Crippen LogP) is 3.64. The second kappa shape index (κ2) is 10.1. The fraction of sp³-hybridized carbons (Fsp3) is 0.739. The van der Waals surface area contributed by atoms with Crippen molar-refractivity contribution in [3.05, 3.63) is 35.4 Å². The molecule has 0 spiro atoms. The third-order valence-electron chi connectivity index (χ3n) is 6.36. The van der Waals surface area contributed by atoms with E-state index in [9.17, 15) is 0 Å². The van der Waals surface area contributed by atoms with E-state index in [0.717, 1.165) is 18.7 Å². The number of benzene rings is 1. The molecule has 6 unspecified atom stereocenters. The Hall–Kier alpha value is -0.630. The third kappa shape index (κ3) is 5.96. The maximum Gasteiger partial charge on any atom is 0.109 e. The van der Waals surface area contributed by atoms with E-state index in [1.807, 2.05) is 11.8 Å². The van der Waals surface area contributed by atoms with Crippen molar-refractivity contribution in [3.63, 3.8) is 0 Å². The molecule has 0 amide bonds. The summed E-state index contributed by atoms with van der Waals surface area (Å²) in [6.45, 7) is 7.54. The summed E-state index contributed by atoms with van der Waals surface area (Å²) in [4.78, 5) is 0. The molecule has 3 fully saturated rings. The average molecular weight is 419 g/mol. The molecule has 3 aliphatic rings. The molecule has 162 valence electrons. The lowest BCUT2D eigenvalue weighted by Crippen LogP contribution is -2.54. The predicted molar refractivity (Wildman–Crippen MR) is 122 cm³/mol. The van der Waals surface area contributed by atoms with Crippen molar-refractivity contribution in [1.29, 1.82) is 0 Å². The minimum Gasteiger partial charge on any atom is -0.361 e. The van der Waals surface area contributed by atoms with Crippen LogP contribution in [0.1, 0.15) is 76.0 Å². The van der Waals surface area contributed by atoms with E-state index in [1.54, 1.807) is 0 Å². The summed E-state index contributed by atoms with van der Waals surface area (Å²) in [5.74, 6) is 1.71. The van der Waals surface area contributed by atoms with E-state index in [2.05, 4.69) is 66.3 Å². The first-order chi connectivity index (χ1) is 14.1. The number of piperidine rings is 2. The van der Waals surface area contributed by atoms with Gasteiger partial charge in [0.2, 0.25) is 0 Å². The Morgan fingerprint density at radius 1 is 1.07 bits per heavy atom. The number of hydrogen-bond donors (Lipinski definition) is 4. The van der Waals surface area contributed by atoms with Gasteiger partial charge in [-0.25, -0.2) is 0 Å².